The Morgan fingerprint density at radius 2 is 1.67 bits per heavy atom. The SMILES string of the molecule is COc1cc(C)c(S(=O)(=O)N(C)CCC(=O)CC(=O)N(C)[C@@H]2CCN(C3CCN(C)CC3)C2)c(C)c1. The molecule has 0 spiro atoms. The molecule has 0 saturated carbocycles. The van der Waals surface area contributed by atoms with Gasteiger partial charge in [-0.25, -0.2) is 12.7 Å². The number of Topliss-reactive ketones (excluding diaryl/α,β-unsaturated/α-hetero) is 1. The van der Waals surface area contributed by atoms with Crippen LogP contribution in [-0.2, 0) is 19.6 Å². The minimum atomic E-state index is -3.78. The lowest BCUT2D eigenvalue weighted by atomic mass is 10.0. The Bertz CT molecular complexity index is 1030. The van der Waals surface area contributed by atoms with Crippen molar-refractivity contribution in [2.24, 2.45) is 0 Å². The Labute approximate surface area is 216 Å². The van der Waals surface area contributed by atoms with Crippen molar-refractivity contribution >= 4 is 21.7 Å². The normalized spacial score (nSPS) is 20.1. The maximum Gasteiger partial charge on any atom is 0.243 e. The number of benzene rings is 1. The van der Waals surface area contributed by atoms with Gasteiger partial charge < -0.3 is 14.5 Å². The second kappa shape index (κ2) is 12.0. The van der Waals surface area contributed by atoms with Crippen molar-refractivity contribution in [3.63, 3.8) is 0 Å². The lowest BCUT2D eigenvalue weighted by molar-refractivity contribution is -0.135. The van der Waals surface area contributed by atoms with E-state index in [9.17, 15) is 18.0 Å². The van der Waals surface area contributed by atoms with Crippen molar-refractivity contribution in [3.05, 3.63) is 23.3 Å². The van der Waals surface area contributed by atoms with Crippen LogP contribution in [0.4, 0.5) is 0 Å². The number of amides is 1. The molecule has 0 radical (unpaired) electrons. The van der Waals surface area contributed by atoms with Crippen LogP contribution in [0.15, 0.2) is 17.0 Å². The number of piperidine rings is 1. The summed E-state index contributed by atoms with van der Waals surface area (Å²) in [5.74, 6) is 0.158. The lowest BCUT2D eigenvalue weighted by Gasteiger charge is -2.35. The molecule has 0 unspecified atom stereocenters. The number of carbonyl (C=O) groups excluding carboxylic acids is 2. The van der Waals surface area contributed by atoms with Crippen LogP contribution in [0.1, 0.15) is 43.2 Å². The van der Waals surface area contributed by atoms with Crippen LogP contribution >= 0.6 is 0 Å². The highest BCUT2D eigenvalue weighted by atomic mass is 32.2. The number of hydrogen-bond donors (Lipinski definition) is 0. The third-order valence-corrected chi connectivity index (χ3v) is 9.90. The summed E-state index contributed by atoms with van der Waals surface area (Å²) in [6.07, 6.45) is 3.03. The Morgan fingerprint density at radius 3 is 2.25 bits per heavy atom. The van der Waals surface area contributed by atoms with Gasteiger partial charge in [0.2, 0.25) is 15.9 Å². The molecule has 9 nitrogen and oxygen atoms in total. The molecule has 0 aromatic heterocycles. The Balaban J connectivity index is 1.50. The zero-order chi connectivity index (χ0) is 26.6. The zero-order valence-electron chi connectivity index (χ0n) is 22.6. The van der Waals surface area contributed by atoms with Gasteiger partial charge in [0.1, 0.15) is 11.5 Å². The first kappa shape index (κ1) is 28.6. The van der Waals surface area contributed by atoms with E-state index in [1.165, 1.54) is 18.5 Å². The van der Waals surface area contributed by atoms with Crippen LogP contribution in [0.2, 0.25) is 0 Å². The van der Waals surface area contributed by atoms with Crippen LogP contribution in [0, 0.1) is 13.8 Å². The molecule has 2 aliphatic heterocycles. The number of methoxy groups -OCH3 is 1. The van der Waals surface area contributed by atoms with Crippen molar-refractivity contribution in [1.82, 2.24) is 19.0 Å². The summed E-state index contributed by atoms with van der Waals surface area (Å²) in [6, 6.07) is 4.06. The smallest absolute Gasteiger partial charge is 0.243 e. The number of likely N-dealkylation sites (tertiary alicyclic amines) is 2. The maximum atomic E-state index is 13.2. The molecule has 1 amide bonds. The van der Waals surface area contributed by atoms with Crippen LogP contribution in [-0.4, -0.2) is 112 Å². The van der Waals surface area contributed by atoms with Crippen LogP contribution in [0.3, 0.4) is 0 Å². The highest BCUT2D eigenvalue weighted by Gasteiger charge is 2.34. The minimum absolute atomic E-state index is 0.00402. The molecule has 0 aliphatic carbocycles. The summed E-state index contributed by atoms with van der Waals surface area (Å²) >= 11 is 0. The molecule has 2 fully saturated rings. The van der Waals surface area contributed by atoms with Crippen molar-refractivity contribution in [1.29, 1.82) is 0 Å². The summed E-state index contributed by atoms with van der Waals surface area (Å²) < 4.78 is 32.7. The summed E-state index contributed by atoms with van der Waals surface area (Å²) in [6.45, 7) is 7.54. The van der Waals surface area contributed by atoms with E-state index < -0.39 is 10.0 Å². The number of aryl methyl sites for hydroxylation is 2. The van der Waals surface area contributed by atoms with Gasteiger partial charge in [-0.3, -0.25) is 14.5 Å². The van der Waals surface area contributed by atoms with Crippen molar-refractivity contribution in [2.75, 3.05) is 61.0 Å². The predicted octanol–water partition coefficient (Wildman–Crippen LogP) is 1.91. The van der Waals surface area contributed by atoms with E-state index in [-0.39, 0.29) is 42.0 Å². The number of sulfonamides is 1. The van der Waals surface area contributed by atoms with Gasteiger partial charge >= 0.3 is 0 Å². The highest BCUT2D eigenvalue weighted by Crippen LogP contribution is 2.28. The van der Waals surface area contributed by atoms with Gasteiger partial charge in [0.15, 0.2) is 0 Å². The molecule has 0 N–H and O–H groups in total. The Morgan fingerprint density at radius 1 is 1.06 bits per heavy atom. The molecule has 1 aromatic carbocycles. The van der Waals surface area contributed by atoms with E-state index in [4.69, 9.17) is 4.74 Å². The van der Waals surface area contributed by atoms with Crippen molar-refractivity contribution in [3.8, 4) is 5.75 Å². The number of rotatable bonds is 10. The molecule has 2 saturated heterocycles. The first-order valence-corrected chi connectivity index (χ1v) is 14.2. The van der Waals surface area contributed by atoms with Crippen LogP contribution in [0.5, 0.6) is 5.75 Å². The molecule has 10 heteroatoms. The predicted molar refractivity (Wildman–Crippen MR) is 140 cm³/mol. The third-order valence-electron chi connectivity index (χ3n) is 7.73. The van der Waals surface area contributed by atoms with Crippen molar-refractivity contribution < 1.29 is 22.7 Å². The fraction of sp³-hybridized carbons (Fsp3) is 0.692. The Kier molecular flexibility index (Phi) is 9.54. The summed E-state index contributed by atoms with van der Waals surface area (Å²) in [7, 11) is 3.16. The zero-order valence-corrected chi connectivity index (χ0v) is 23.4. The summed E-state index contributed by atoms with van der Waals surface area (Å²) in [5.41, 5.74) is 1.18. The van der Waals surface area contributed by atoms with Gasteiger partial charge in [-0.05, 0) is 76.5 Å². The summed E-state index contributed by atoms with van der Waals surface area (Å²) in [4.78, 5) is 32.2. The maximum absolute atomic E-state index is 13.2. The van der Waals surface area contributed by atoms with E-state index in [2.05, 4.69) is 16.8 Å². The number of nitrogens with zero attached hydrogens (tertiary/aromatic N) is 4. The van der Waals surface area contributed by atoms with Gasteiger partial charge in [-0.1, -0.05) is 0 Å². The topological polar surface area (TPSA) is 90.5 Å². The van der Waals surface area contributed by atoms with E-state index >= 15 is 0 Å². The first-order chi connectivity index (χ1) is 16.9. The molecule has 1 aromatic rings. The minimum Gasteiger partial charge on any atom is -0.497 e. The molecule has 202 valence electrons. The van der Waals surface area contributed by atoms with E-state index in [0.29, 0.717) is 22.9 Å². The van der Waals surface area contributed by atoms with Crippen LogP contribution < -0.4 is 4.74 Å². The third kappa shape index (κ3) is 6.65. The quantitative estimate of drug-likeness (QED) is 0.434. The fourth-order valence-corrected chi connectivity index (χ4v) is 6.93. The highest BCUT2D eigenvalue weighted by molar-refractivity contribution is 7.89. The van der Waals surface area contributed by atoms with Crippen LogP contribution in [0.25, 0.3) is 0 Å². The van der Waals surface area contributed by atoms with Gasteiger partial charge in [0, 0.05) is 52.2 Å². The number of carbonyl (C=O) groups is 2. The van der Waals surface area contributed by atoms with Gasteiger partial charge in [0.05, 0.1) is 18.4 Å². The average molecular weight is 523 g/mol. The van der Waals surface area contributed by atoms with E-state index in [1.54, 1.807) is 37.9 Å². The molecule has 36 heavy (non-hydrogen) atoms. The van der Waals surface area contributed by atoms with Gasteiger partial charge in [-0.15, -0.1) is 0 Å². The monoisotopic (exact) mass is 522 g/mol. The first-order valence-electron chi connectivity index (χ1n) is 12.8. The fourth-order valence-electron chi connectivity index (χ4n) is 5.35. The van der Waals surface area contributed by atoms with Crippen molar-refractivity contribution in [2.45, 2.75) is 62.9 Å². The second-order valence-electron chi connectivity index (χ2n) is 10.4. The molecule has 1 atom stereocenters. The number of likely N-dealkylation sites (N-methyl/N-ethyl adjacent to an activating group) is 1. The molecular formula is C26H42N4O5S. The molecular weight excluding hydrogens is 480 g/mol. The second-order valence-corrected chi connectivity index (χ2v) is 12.3. The van der Waals surface area contributed by atoms with Gasteiger partial charge in [-0.2, -0.15) is 0 Å². The van der Waals surface area contributed by atoms with Gasteiger partial charge in [0.25, 0.3) is 0 Å². The van der Waals surface area contributed by atoms with E-state index in [1.807, 2.05) is 0 Å². The Hall–Kier alpha value is -2.01. The molecule has 2 aliphatic rings. The largest absolute Gasteiger partial charge is 0.497 e. The average Bonchev–Trinajstić information content (AvgIpc) is 3.31. The summed E-state index contributed by atoms with van der Waals surface area (Å²) in [5, 5.41) is 0. The standard InChI is InChI=1S/C26H42N4O5S/c1-19-15-24(35-6)16-20(2)26(19)36(33,34)28(4)13-10-23(31)17-25(32)29(5)22-9-14-30(18-22)21-7-11-27(3)12-8-21/h15-16,21-22H,7-14,17-18H2,1-6H3/t22-/m1/s1. The molecule has 2 heterocycles. The number of hydrogen-bond acceptors (Lipinski definition) is 7. The molecule has 0 bridgehead atoms. The van der Waals surface area contributed by atoms with E-state index in [0.717, 1.165) is 45.4 Å². The molecule has 3 rings (SSSR count). The number of ether oxygens (including phenoxy) is 1. The lowest BCUT2D eigenvalue weighted by Crippen LogP contribution is -2.45. The number of ketones is 1.